The lowest BCUT2D eigenvalue weighted by atomic mass is 10.0. The summed E-state index contributed by atoms with van der Waals surface area (Å²) >= 11 is 0. The fourth-order valence-corrected chi connectivity index (χ4v) is 6.29. The van der Waals surface area contributed by atoms with E-state index in [2.05, 4.69) is 218 Å². The van der Waals surface area contributed by atoms with Crippen LogP contribution in [0.3, 0.4) is 0 Å². The first kappa shape index (κ1) is 29.4. The molecule has 0 aliphatic rings. The minimum atomic E-state index is 1.12. The molecule has 3 nitrogen and oxygen atoms in total. The average Bonchev–Trinajstić information content (AvgIpc) is 3.17. The van der Waals surface area contributed by atoms with Gasteiger partial charge in [0.05, 0.1) is 0 Å². The minimum absolute atomic E-state index is 1.12. The van der Waals surface area contributed by atoms with Gasteiger partial charge in [0, 0.05) is 34.1 Å². The van der Waals surface area contributed by atoms with E-state index >= 15 is 0 Å². The summed E-state index contributed by atoms with van der Waals surface area (Å²) in [6, 6.07) is 69.3. The number of nitrogens with one attached hydrogen (secondary N) is 1. The van der Waals surface area contributed by atoms with Crippen LogP contribution >= 0.6 is 9.03 Å². The van der Waals surface area contributed by atoms with Crippen molar-refractivity contribution in [2.45, 2.75) is 0 Å². The molecule has 0 bridgehead atoms. The minimum Gasteiger partial charge on any atom is -0.310 e. The molecule has 0 saturated heterocycles. The highest BCUT2D eigenvalue weighted by atomic mass is 31.0. The number of nitrogens with zero attached hydrogens (tertiary/aromatic N) is 2. The zero-order valence-electron chi connectivity index (χ0n) is 27.3. The Kier molecular flexibility index (Phi) is 8.68. The first-order valence-electron chi connectivity index (χ1n) is 16.4. The molecule has 0 atom stereocenters. The highest BCUT2D eigenvalue weighted by molar-refractivity contribution is 7.02. The molecule has 0 aromatic heterocycles. The summed E-state index contributed by atoms with van der Waals surface area (Å²) in [7, 11) is 2.48. The molecule has 8 aromatic carbocycles. The Morgan fingerprint density at radius 3 is 1.00 bits per heavy atom. The van der Waals surface area contributed by atoms with Gasteiger partial charge in [-0.05, 0) is 114 Å². The maximum atomic E-state index is 5.75. The zero-order valence-corrected chi connectivity index (χ0v) is 27.3. The molecule has 0 saturated carbocycles. The van der Waals surface area contributed by atoms with Crippen molar-refractivity contribution in [3.05, 3.63) is 194 Å². The third-order valence-electron chi connectivity index (χ3n) is 8.60. The van der Waals surface area contributed by atoms with Crippen LogP contribution in [-0.2, 0) is 0 Å². The van der Waals surface area contributed by atoms with Crippen LogP contribution in [0.25, 0.3) is 32.7 Å². The molecule has 1 N–H and O–H groups in total. The molecule has 8 aromatic rings. The Labute approximate surface area is 285 Å². The first-order chi connectivity index (χ1) is 24.2. The van der Waals surface area contributed by atoms with E-state index in [9.17, 15) is 0 Å². The van der Waals surface area contributed by atoms with E-state index < -0.39 is 0 Å². The number of fused-ring (bicyclic) bond motifs is 2. The zero-order chi connectivity index (χ0) is 33.4. The lowest BCUT2D eigenvalue weighted by Crippen LogP contribution is -2.10. The predicted octanol–water partition coefficient (Wildman–Crippen LogP) is 13.5. The van der Waals surface area contributed by atoms with Gasteiger partial charge in [-0.3, -0.25) is 5.15 Å². The first-order valence-corrected chi connectivity index (χ1v) is 16.4. The molecule has 8 rings (SSSR count). The second kappa shape index (κ2) is 14.2. The van der Waals surface area contributed by atoms with Crippen molar-refractivity contribution in [1.82, 2.24) is 0 Å². The van der Waals surface area contributed by atoms with Crippen molar-refractivity contribution in [2.75, 3.05) is 9.80 Å². The van der Waals surface area contributed by atoms with Crippen LogP contribution in [-0.4, -0.2) is 0 Å². The Morgan fingerprint density at radius 2 is 0.625 bits per heavy atom. The summed E-state index contributed by atoms with van der Waals surface area (Å²) in [6.45, 7) is 0. The molecule has 230 valence electrons. The van der Waals surface area contributed by atoms with Crippen LogP contribution in [0.15, 0.2) is 194 Å². The summed E-state index contributed by atoms with van der Waals surface area (Å²) in [4.78, 5) is 4.64. The van der Waals surface area contributed by atoms with E-state index in [4.69, 9.17) is 1.41 Å². The van der Waals surface area contributed by atoms with Crippen molar-refractivity contribution in [2.24, 2.45) is 0 Å². The molecule has 4 heteroatoms. The van der Waals surface area contributed by atoms with Gasteiger partial charge in [-0.2, -0.15) is 0 Å². The molecule has 0 spiro atoms. The van der Waals surface area contributed by atoms with Gasteiger partial charge in [0.1, 0.15) is 0 Å². The normalized spacial score (nSPS) is 10.9. The summed E-state index contributed by atoms with van der Waals surface area (Å²) in [5.74, 6) is 0. The molecule has 48 heavy (non-hydrogen) atoms. The third-order valence-corrected chi connectivity index (χ3v) is 8.60. The highest BCUT2D eigenvalue weighted by Crippen LogP contribution is 2.39. The lowest BCUT2D eigenvalue weighted by molar-refractivity contribution is 1.28. The number of para-hydroxylation sites is 2. The summed E-state index contributed by atoms with van der Waals surface area (Å²) in [5.41, 5.74) is 9.13. The number of hydrogen-bond donors (Lipinski definition) is 1. The number of hydrogen-bond acceptors (Lipinski definition) is 3. The van der Waals surface area contributed by atoms with E-state index in [1.807, 2.05) is 0 Å². The van der Waals surface area contributed by atoms with E-state index in [1.165, 1.54) is 32.7 Å². The molecule has 0 heterocycles. The van der Waals surface area contributed by atoms with Gasteiger partial charge < -0.3 is 9.80 Å². The highest BCUT2D eigenvalue weighted by Gasteiger charge is 2.15. The summed E-state index contributed by atoms with van der Waals surface area (Å²) in [5, 5.41) is 7.49. The Morgan fingerprint density at radius 1 is 0.333 bits per heavy atom. The molecule has 0 unspecified atom stereocenters. The van der Waals surface area contributed by atoms with Gasteiger partial charge in [-0.15, -0.1) is 0 Å². The van der Waals surface area contributed by atoms with Crippen molar-refractivity contribution in [3.8, 4) is 11.1 Å². The van der Waals surface area contributed by atoms with E-state index in [-0.39, 0.29) is 0 Å². The molecular formula is C44H34N3P. The van der Waals surface area contributed by atoms with Crippen LogP contribution < -0.4 is 9.80 Å². The van der Waals surface area contributed by atoms with Gasteiger partial charge in [-0.1, -0.05) is 121 Å². The van der Waals surface area contributed by atoms with Crippen molar-refractivity contribution >= 4 is 64.7 Å². The van der Waals surface area contributed by atoms with Crippen LogP contribution in [0.1, 0.15) is 0 Å². The molecular weight excluding hydrogens is 601 g/mol. The third kappa shape index (κ3) is 6.33. The fourth-order valence-electron chi connectivity index (χ4n) is 6.29. The Bertz CT molecular complexity index is 2140. The second-order valence-electron chi connectivity index (χ2n) is 11.5. The van der Waals surface area contributed by atoms with E-state index in [0.29, 0.717) is 0 Å². The van der Waals surface area contributed by atoms with Crippen molar-refractivity contribution < 1.29 is 1.41 Å². The summed E-state index contributed by atoms with van der Waals surface area (Å²) < 4.78 is 5.75. The number of benzene rings is 8. The molecule has 0 amide bonds. The fraction of sp³-hybridized carbons (Fsp3) is 0. The number of rotatable bonds is 7. The Balaban J connectivity index is 0.00000122. The summed E-state index contributed by atoms with van der Waals surface area (Å²) in [6.07, 6.45) is 0. The van der Waals surface area contributed by atoms with Crippen molar-refractivity contribution in [1.29, 1.82) is 5.15 Å². The van der Waals surface area contributed by atoms with E-state index in [1.54, 1.807) is 0 Å². The Hall–Kier alpha value is -6.02. The quantitative estimate of drug-likeness (QED) is 0.176. The van der Waals surface area contributed by atoms with Crippen LogP contribution in [0, 0.1) is 5.15 Å². The predicted molar refractivity (Wildman–Crippen MR) is 207 cm³/mol. The van der Waals surface area contributed by atoms with E-state index in [0.717, 1.165) is 34.1 Å². The van der Waals surface area contributed by atoms with Crippen LogP contribution in [0.2, 0.25) is 1.41 Å². The van der Waals surface area contributed by atoms with Gasteiger partial charge in [0.2, 0.25) is 0 Å². The standard InChI is InChI=1S/C44H32N2.H2NP/c1-3-15-39(16-4-1)45(43-29-23-33-11-7-9-13-37(33)31-43)41-25-19-35(20-26-41)36-21-27-42(28-22-36)46(40-17-5-2-6-18-40)44-30-24-34-12-8-10-14-38(34)32-44;1-2/h1-32H;1-2H/i/hD. The van der Waals surface area contributed by atoms with Gasteiger partial charge in [0.15, 0.2) is 1.41 Å². The second-order valence-corrected chi connectivity index (χ2v) is 11.5. The molecule has 0 radical (unpaired) electrons. The maximum Gasteiger partial charge on any atom is 0.192 e. The van der Waals surface area contributed by atoms with Gasteiger partial charge >= 0.3 is 0 Å². The molecule has 0 fully saturated rings. The smallest absolute Gasteiger partial charge is 0.192 e. The van der Waals surface area contributed by atoms with Gasteiger partial charge in [-0.25, -0.2) is 0 Å². The average molecular weight is 637 g/mol. The molecule has 0 aliphatic heterocycles. The van der Waals surface area contributed by atoms with Crippen LogP contribution in [0.5, 0.6) is 0 Å². The lowest BCUT2D eigenvalue weighted by Gasteiger charge is -2.26. The van der Waals surface area contributed by atoms with Gasteiger partial charge in [0.25, 0.3) is 0 Å². The topological polar surface area (TPSA) is 30.3 Å². The monoisotopic (exact) mass is 636 g/mol. The van der Waals surface area contributed by atoms with Crippen LogP contribution in [0.4, 0.5) is 34.1 Å². The largest absolute Gasteiger partial charge is 0.310 e. The van der Waals surface area contributed by atoms with Crippen molar-refractivity contribution in [3.63, 3.8) is 0 Å². The maximum absolute atomic E-state index is 5.75. The SMILES string of the molecule is [2H]N=P.c1ccc(N(c2ccc(-c3ccc(N(c4ccccc4)c4ccc5ccccc5c4)cc3)cc2)c2ccc3ccccc3c2)cc1. The molecule has 0 aliphatic carbocycles. The number of anilines is 6.